The summed E-state index contributed by atoms with van der Waals surface area (Å²) in [7, 11) is 0. The van der Waals surface area contributed by atoms with Crippen LogP contribution in [0.5, 0.6) is 0 Å². The van der Waals surface area contributed by atoms with E-state index < -0.39 is 0 Å². The molecule has 36 valence electrons. The minimum Gasteiger partial charge on any atom is -0.400 e. The summed E-state index contributed by atoms with van der Waals surface area (Å²) in [5.41, 5.74) is 5.61. The van der Waals surface area contributed by atoms with Gasteiger partial charge in [0, 0.05) is 5.70 Å². The summed E-state index contributed by atoms with van der Waals surface area (Å²) in [6.45, 7) is 1.75. The maximum Gasteiger partial charge on any atom is 0.0822 e. The van der Waals surface area contributed by atoms with Gasteiger partial charge in [-0.05, 0) is 6.92 Å². The average molecular weight is 87.1 g/mol. The Balaban J connectivity index is 3.22. The quantitative estimate of drug-likeness (QED) is 0.467. The second kappa shape index (κ2) is 2.72. The number of nitrogens with two attached hydrogens (primary N) is 1. The van der Waals surface area contributed by atoms with Crippen molar-refractivity contribution in [3.8, 4) is 0 Å². The van der Waals surface area contributed by atoms with Crippen LogP contribution in [0.4, 0.5) is 0 Å². The second-order valence-electron chi connectivity index (χ2n) is 1.02. The van der Waals surface area contributed by atoms with Gasteiger partial charge in [-0.1, -0.05) is 6.08 Å². The summed E-state index contributed by atoms with van der Waals surface area (Å²) in [6, 6.07) is 0. The molecular weight excluding hydrogens is 78.0 g/mol. The van der Waals surface area contributed by atoms with Gasteiger partial charge in [-0.3, -0.25) is 0 Å². The van der Waals surface area contributed by atoms with Gasteiger partial charge in [0.25, 0.3) is 0 Å². The Morgan fingerprint density at radius 1 is 2.00 bits per heavy atom. The van der Waals surface area contributed by atoms with Gasteiger partial charge in [-0.25, -0.2) is 0 Å². The Kier molecular flexibility index (Phi) is 2.50. The highest BCUT2D eigenvalue weighted by Gasteiger charge is 1.74. The van der Waals surface area contributed by atoms with Crippen LogP contribution in [0.1, 0.15) is 6.92 Å². The minimum atomic E-state index is -0.0312. The second-order valence-corrected chi connectivity index (χ2v) is 1.02. The van der Waals surface area contributed by atoms with Gasteiger partial charge in [0.2, 0.25) is 0 Å². The molecule has 0 rings (SSSR count). The highest BCUT2D eigenvalue weighted by Crippen LogP contribution is 1.74. The van der Waals surface area contributed by atoms with Crippen molar-refractivity contribution in [1.82, 2.24) is 0 Å². The van der Waals surface area contributed by atoms with Crippen molar-refractivity contribution in [2.24, 2.45) is 5.73 Å². The standard InChI is InChI=1S/C4H9NO/c1-2-4(5)3-6/h2,6H,3,5H2,1H3/b4-2-. The molecule has 0 saturated heterocycles. The van der Waals surface area contributed by atoms with Crippen molar-refractivity contribution in [2.45, 2.75) is 6.92 Å². The predicted molar refractivity (Wildman–Crippen MR) is 25.0 cm³/mol. The highest BCUT2D eigenvalue weighted by molar-refractivity contribution is 4.92. The SMILES string of the molecule is C/C=C(\N)CO. The molecule has 0 radical (unpaired) electrons. The number of allylic oxidation sites excluding steroid dienone is 1. The lowest BCUT2D eigenvalue weighted by molar-refractivity contribution is 0.329. The Morgan fingerprint density at radius 3 is 2.50 bits per heavy atom. The predicted octanol–water partition coefficient (Wildman–Crippen LogP) is -0.159. The molecule has 0 aliphatic carbocycles. The van der Waals surface area contributed by atoms with Gasteiger partial charge in [0.15, 0.2) is 0 Å². The monoisotopic (exact) mass is 87.1 g/mol. The Morgan fingerprint density at radius 2 is 2.50 bits per heavy atom. The lowest BCUT2D eigenvalue weighted by Crippen LogP contribution is -1.99. The molecule has 0 aliphatic heterocycles. The zero-order valence-corrected chi connectivity index (χ0v) is 3.81. The topological polar surface area (TPSA) is 46.2 Å². The molecule has 0 spiro atoms. The van der Waals surface area contributed by atoms with E-state index in [0.29, 0.717) is 5.70 Å². The molecule has 0 amide bonds. The van der Waals surface area contributed by atoms with Crippen LogP contribution in [-0.4, -0.2) is 11.7 Å². The van der Waals surface area contributed by atoms with Gasteiger partial charge < -0.3 is 10.8 Å². The van der Waals surface area contributed by atoms with Gasteiger partial charge in [0.05, 0.1) is 6.61 Å². The number of rotatable bonds is 1. The normalized spacial score (nSPS) is 12.0. The van der Waals surface area contributed by atoms with Gasteiger partial charge in [-0.15, -0.1) is 0 Å². The van der Waals surface area contributed by atoms with Crippen LogP contribution in [-0.2, 0) is 0 Å². The van der Waals surface area contributed by atoms with Crippen molar-refractivity contribution in [3.05, 3.63) is 11.8 Å². The fraction of sp³-hybridized carbons (Fsp3) is 0.500. The first-order valence-corrected chi connectivity index (χ1v) is 1.82. The fourth-order valence-corrected chi connectivity index (χ4v) is 0.0913. The summed E-state index contributed by atoms with van der Waals surface area (Å²) >= 11 is 0. The molecular formula is C4H9NO. The Labute approximate surface area is 37.3 Å². The maximum atomic E-state index is 8.14. The zero-order valence-electron chi connectivity index (χ0n) is 3.81. The maximum absolute atomic E-state index is 8.14. The molecule has 0 aliphatic rings. The summed E-state index contributed by atoms with van der Waals surface area (Å²) < 4.78 is 0. The molecule has 3 N–H and O–H groups in total. The van der Waals surface area contributed by atoms with E-state index in [9.17, 15) is 0 Å². The number of hydrogen-bond acceptors (Lipinski definition) is 2. The van der Waals surface area contributed by atoms with Crippen molar-refractivity contribution in [1.29, 1.82) is 0 Å². The van der Waals surface area contributed by atoms with Crippen LogP contribution in [0.2, 0.25) is 0 Å². The van der Waals surface area contributed by atoms with E-state index in [4.69, 9.17) is 10.8 Å². The molecule has 2 nitrogen and oxygen atoms in total. The highest BCUT2D eigenvalue weighted by atomic mass is 16.3. The third kappa shape index (κ3) is 1.79. The van der Waals surface area contributed by atoms with Crippen LogP contribution in [0.25, 0.3) is 0 Å². The van der Waals surface area contributed by atoms with E-state index in [1.54, 1.807) is 13.0 Å². The minimum absolute atomic E-state index is 0.0312. The molecule has 0 fully saturated rings. The van der Waals surface area contributed by atoms with Crippen LogP contribution in [0.15, 0.2) is 11.8 Å². The van der Waals surface area contributed by atoms with Gasteiger partial charge >= 0.3 is 0 Å². The van der Waals surface area contributed by atoms with E-state index in [2.05, 4.69) is 0 Å². The largest absolute Gasteiger partial charge is 0.400 e. The van der Waals surface area contributed by atoms with E-state index >= 15 is 0 Å². The lowest BCUT2D eigenvalue weighted by Gasteiger charge is -1.86. The average Bonchev–Trinajstić information content (AvgIpc) is 1.65. The van der Waals surface area contributed by atoms with Crippen molar-refractivity contribution in [3.63, 3.8) is 0 Å². The third-order valence-electron chi connectivity index (χ3n) is 0.553. The molecule has 0 saturated carbocycles. The van der Waals surface area contributed by atoms with Crippen LogP contribution in [0.3, 0.4) is 0 Å². The molecule has 0 heterocycles. The first kappa shape index (κ1) is 5.50. The summed E-state index contributed by atoms with van der Waals surface area (Å²) in [6.07, 6.45) is 1.67. The Hall–Kier alpha value is -0.500. The molecule has 0 aromatic rings. The van der Waals surface area contributed by atoms with Crippen molar-refractivity contribution in [2.75, 3.05) is 6.61 Å². The molecule has 0 unspecified atom stereocenters. The number of hydrogen-bond donors (Lipinski definition) is 2. The van der Waals surface area contributed by atoms with E-state index in [1.807, 2.05) is 0 Å². The summed E-state index contributed by atoms with van der Waals surface area (Å²) in [5, 5.41) is 8.14. The fourth-order valence-electron chi connectivity index (χ4n) is 0.0913. The number of aliphatic hydroxyl groups is 1. The molecule has 6 heavy (non-hydrogen) atoms. The molecule has 0 atom stereocenters. The van der Waals surface area contributed by atoms with Crippen molar-refractivity contribution < 1.29 is 5.11 Å². The zero-order chi connectivity index (χ0) is 4.99. The van der Waals surface area contributed by atoms with E-state index in [-0.39, 0.29) is 6.61 Å². The number of aliphatic hydroxyl groups excluding tert-OH is 1. The van der Waals surface area contributed by atoms with Gasteiger partial charge in [-0.2, -0.15) is 0 Å². The van der Waals surface area contributed by atoms with Crippen LogP contribution in [0, 0.1) is 0 Å². The molecule has 0 aromatic carbocycles. The van der Waals surface area contributed by atoms with Crippen LogP contribution >= 0.6 is 0 Å². The summed E-state index contributed by atoms with van der Waals surface area (Å²) in [5.74, 6) is 0. The van der Waals surface area contributed by atoms with Crippen LogP contribution < -0.4 is 5.73 Å². The smallest absolute Gasteiger partial charge is 0.0822 e. The first-order chi connectivity index (χ1) is 2.81. The summed E-state index contributed by atoms with van der Waals surface area (Å²) in [4.78, 5) is 0. The molecule has 0 bridgehead atoms. The third-order valence-corrected chi connectivity index (χ3v) is 0.553. The molecule has 2 heteroatoms. The Bertz CT molecular complexity index is 58.6. The first-order valence-electron chi connectivity index (χ1n) is 1.82. The van der Waals surface area contributed by atoms with E-state index in [1.165, 1.54) is 0 Å². The molecule has 0 aromatic heterocycles. The lowest BCUT2D eigenvalue weighted by atomic mass is 10.5. The van der Waals surface area contributed by atoms with Crippen molar-refractivity contribution >= 4 is 0 Å². The van der Waals surface area contributed by atoms with E-state index in [0.717, 1.165) is 0 Å². The van der Waals surface area contributed by atoms with Gasteiger partial charge in [0.1, 0.15) is 0 Å².